The summed E-state index contributed by atoms with van der Waals surface area (Å²) in [5.74, 6) is 1.25. The van der Waals surface area contributed by atoms with Gasteiger partial charge < -0.3 is 10.5 Å². The van der Waals surface area contributed by atoms with Crippen LogP contribution in [-0.2, 0) is 0 Å². The fourth-order valence-electron chi connectivity index (χ4n) is 2.86. The van der Waals surface area contributed by atoms with Crippen molar-refractivity contribution in [1.82, 2.24) is 14.8 Å². The summed E-state index contributed by atoms with van der Waals surface area (Å²) in [4.78, 5) is 4.53. The van der Waals surface area contributed by atoms with Gasteiger partial charge in [-0.1, -0.05) is 22.0 Å². The Kier molecular flexibility index (Phi) is 3.89. The molecular weight excluding hydrogens is 380 g/mol. The highest BCUT2D eigenvalue weighted by Crippen LogP contribution is 2.33. The van der Waals surface area contributed by atoms with Gasteiger partial charge >= 0.3 is 0 Å². The van der Waals surface area contributed by atoms with E-state index >= 15 is 0 Å². The lowest BCUT2D eigenvalue weighted by atomic mass is 10.1. The van der Waals surface area contributed by atoms with Gasteiger partial charge in [0.25, 0.3) is 0 Å². The molecule has 0 amide bonds. The molecule has 0 radical (unpaired) electrons. The van der Waals surface area contributed by atoms with Gasteiger partial charge in [-0.25, -0.2) is 4.68 Å². The average molecular weight is 395 g/mol. The van der Waals surface area contributed by atoms with E-state index in [0.29, 0.717) is 5.82 Å². The van der Waals surface area contributed by atoms with Crippen molar-refractivity contribution in [2.24, 2.45) is 0 Å². The average Bonchev–Trinajstić information content (AvgIpc) is 2.99. The van der Waals surface area contributed by atoms with Crippen LogP contribution in [0.25, 0.3) is 27.8 Å². The Bertz CT molecular complexity index is 1060. The predicted molar refractivity (Wildman–Crippen MR) is 103 cm³/mol. The molecule has 4 aromatic rings. The molecule has 0 aliphatic rings. The summed E-state index contributed by atoms with van der Waals surface area (Å²) < 4.78 is 8.04. The first-order valence-corrected chi connectivity index (χ1v) is 8.50. The topological polar surface area (TPSA) is 66.0 Å². The molecule has 0 unspecified atom stereocenters. The number of rotatable bonds is 3. The maximum Gasteiger partial charge on any atom is 0.156 e. The monoisotopic (exact) mass is 394 g/mol. The smallest absolute Gasteiger partial charge is 0.156 e. The van der Waals surface area contributed by atoms with Gasteiger partial charge in [-0.2, -0.15) is 0 Å². The van der Waals surface area contributed by atoms with Crippen LogP contribution in [0.1, 0.15) is 0 Å². The summed E-state index contributed by atoms with van der Waals surface area (Å²) in [6.07, 6.45) is 1.78. The van der Waals surface area contributed by atoms with Crippen LogP contribution >= 0.6 is 15.9 Å². The first-order valence-electron chi connectivity index (χ1n) is 7.71. The molecule has 4 rings (SSSR count). The van der Waals surface area contributed by atoms with Crippen molar-refractivity contribution >= 4 is 32.7 Å². The van der Waals surface area contributed by atoms with Crippen molar-refractivity contribution in [2.75, 3.05) is 12.8 Å². The fourth-order valence-corrected chi connectivity index (χ4v) is 3.25. The number of nitrogen functional groups attached to an aromatic ring is 1. The van der Waals surface area contributed by atoms with Gasteiger partial charge in [-0.15, -0.1) is 5.10 Å². The number of hydrogen-bond donors (Lipinski definition) is 1. The Morgan fingerprint density at radius 2 is 1.88 bits per heavy atom. The quantitative estimate of drug-likeness (QED) is 0.557. The molecule has 0 saturated carbocycles. The van der Waals surface area contributed by atoms with Crippen LogP contribution in [-0.4, -0.2) is 21.9 Å². The van der Waals surface area contributed by atoms with E-state index in [4.69, 9.17) is 10.5 Å². The van der Waals surface area contributed by atoms with E-state index in [9.17, 15) is 0 Å². The van der Waals surface area contributed by atoms with Crippen LogP contribution in [0.2, 0.25) is 0 Å². The van der Waals surface area contributed by atoms with E-state index in [1.807, 2.05) is 59.3 Å². The molecule has 0 bridgehead atoms. The Balaban J connectivity index is 1.93. The van der Waals surface area contributed by atoms with E-state index in [1.54, 1.807) is 13.3 Å². The van der Waals surface area contributed by atoms with Crippen LogP contribution < -0.4 is 10.5 Å². The minimum atomic E-state index is 0.453. The predicted octanol–water partition coefficient (Wildman–Crippen LogP) is 4.44. The number of benzene rings is 2. The lowest BCUT2D eigenvalue weighted by molar-refractivity contribution is 0.415. The first-order chi connectivity index (χ1) is 12.2. The molecule has 0 saturated heterocycles. The number of hydrogen-bond acceptors (Lipinski definition) is 4. The van der Waals surface area contributed by atoms with Crippen molar-refractivity contribution < 1.29 is 4.74 Å². The maximum absolute atomic E-state index is 6.24. The molecule has 6 heteroatoms. The summed E-state index contributed by atoms with van der Waals surface area (Å²) in [7, 11) is 1.65. The zero-order valence-corrected chi connectivity index (χ0v) is 15.1. The number of ether oxygens (including phenoxy) is 1. The second-order valence-electron chi connectivity index (χ2n) is 5.56. The van der Waals surface area contributed by atoms with Crippen molar-refractivity contribution in [2.45, 2.75) is 0 Å². The van der Waals surface area contributed by atoms with E-state index < -0.39 is 0 Å². The van der Waals surface area contributed by atoms with Crippen LogP contribution in [0.3, 0.4) is 0 Å². The van der Waals surface area contributed by atoms with Crippen molar-refractivity contribution in [1.29, 1.82) is 0 Å². The molecule has 0 aliphatic heterocycles. The molecule has 25 heavy (non-hydrogen) atoms. The van der Waals surface area contributed by atoms with Crippen LogP contribution in [0.5, 0.6) is 5.75 Å². The van der Waals surface area contributed by atoms with Crippen molar-refractivity contribution in [3.8, 4) is 22.7 Å². The Labute approximate surface area is 153 Å². The molecule has 124 valence electrons. The minimum Gasteiger partial charge on any atom is -0.497 e. The highest BCUT2D eigenvalue weighted by atomic mass is 79.9. The summed E-state index contributed by atoms with van der Waals surface area (Å²) in [6, 6.07) is 17.6. The Morgan fingerprint density at radius 1 is 1.08 bits per heavy atom. The summed E-state index contributed by atoms with van der Waals surface area (Å²) in [6.45, 7) is 0. The second kappa shape index (κ2) is 6.22. The van der Waals surface area contributed by atoms with Crippen LogP contribution in [0, 0.1) is 0 Å². The lowest BCUT2D eigenvalue weighted by Crippen LogP contribution is -1.97. The molecule has 2 aromatic heterocycles. The second-order valence-corrected chi connectivity index (χ2v) is 6.47. The normalized spacial score (nSPS) is 11.0. The SMILES string of the molecule is COc1ccc(-c2nccc3c2c(N)nn3-c2cccc(Br)c2)cc1. The number of anilines is 1. The van der Waals surface area contributed by atoms with E-state index in [0.717, 1.165) is 38.1 Å². The fraction of sp³-hybridized carbons (Fsp3) is 0.0526. The van der Waals surface area contributed by atoms with Gasteiger partial charge in [0.2, 0.25) is 0 Å². The van der Waals surface area contributed by atoms with Gasteiger partial charge in [-0.05, 0) is 48.5 Å². The third kappa shape index (κ3) is 2.74. The number of methoxy groups -OCH3 is 1. The molecule has 0 aliphatic carbocycles. The molecular formula is C19H15BrN4O. The number of nitrogens with zero attached hydrogens (tertiary/aromatic N) is 3. The molecule has 2 aromatic carbocycles. The van der Waals surface area contributed by atoms with Gasteiger partial charge in [0.1, 0.15) is 5.75 Å². The highest BCUT2D eigenvalue weighted by Gasteiger charge is 2.15. The van der Waals surface area contributed by atoms with Gasteiger partial charge in [0.05, 0.1) is 29.4 Å². The Hall–Kier alpha value is -2.86. The van der Waals surface area contributed by atoms with Crippen LogP contribution in [0.15, 0.2) is 65.3 Å². The van der Waals surface area contributed by atoms with E-state index in [-0.39, 0.29) is 0 Å². The number of aromatic nitrogens is 3. The largest absolute Gasteiger partial charge is 0.497 e. The number of fused-ring (bicyclic) bond motifs is 1. The minimum absolute atomic E-state index is 0.453. The standard InChI is InChI=1S/C19H15BrN4O/c1-25-15-7-5-12(6-8-15)18-17-16(9-10-22-18)24(23-19(17)21)14-4-2-3-13(20)11-14/h2-11H,1H3,(H2,21,23). The van der Waals surface area contributed by atoms with Crippen molar-refractivity contribution in [3.05, 3.63) is 65.3 Å². The van der Waals surface area contributed by atoms with Gasteiger partial charge in [-0.3, -0.25) is 4.98 Å². The molecule has 5 nitrogen and oxygen atoms in total. The third-order valence-electron chi connectivity index (χ3n) is 4.04. The zero-order chi connectivity index (χ0) is 17.4. The van der Waals surface area contributed by atoms with Crippen LogP contribution in [0.4, 0.5) is 5.82 Å². The van der Waals surface area contributed by atoms with Gasteiger partial charge in [0.15, 0.2) is 5.82 Å². The van der Waals surface area contributed by atoms with E-state index in [2.05, 4.69) is 26.0 Å². The molecule has 0 fully saturated rings. The van der Waals surface area contributed by atoms with E-state index in [1.165, 1.54) is 0 Å². The maximum atomic E-state index is 6.24. The van der Waals surface area contributed by atoms with Gasteiger partial charge in [0, 0.05) is 16.2 Å². The Morgan fingerprint density at radius 3 is 2.60 bits per heavy atom. The highest BCUT2D eigenvalue weighted by molar-refractivity contribution is 9.10. The lowest BCUT2D eigenvalue weighted by Gasteiger charge is -2.06. The molecule has 2 N–H and O–H groups in total. The van der Waals surface area contributed by atoms with Crippen molar-refractivity contribution in [3.63, 3.8) is 0 Å². The number of halogens is 1. The number of nitrogens with two attached hydrogens (primary N) is 1. The summed E-state index contributed by atoms with van der Waals surface area (Å²) >= 11 is 3.50. The molecule has 0 spiro atoms. The third-order valence-corrected chi connectivity index (χ3v) is 4.53. The molecule has 0 atom stereocenters. The number of pyridine rings is 1. The summed E-state index contributed by atoms with van der Waals surface area (Å²) in [5, 5.41) is 5.37. The molecule has 2 heterocycles. The first kappa shape index (κ1) is 15.7. The zero-order valence-electron chi connectivity index (χ0n) is 13.5. The summed E-state index contributed by atoms with van der Waals surface area (Å²) in [5.41, 5.74) is 9.85.